The largest absolute Gasteiger partial charge is 0.368 e. The van der Waals surface area contributed by atoms with E-state index in [1.165, 1.54) is 11.3 Å². The molecule has 0 aliphatic carbocycles. The van der Waals surface area contributed by atoms with Crippen molar-refractivity contribution in [2.24, 2.45) is 5.73 Å². The second kappa shape index (κ2) is 7.27. The topological polar surface area (TPSA) is 85.1 Å². The fourth-order valence-electron chi connectivity index (χ4n) is 2.38. The maximum Gasteiger partial charge on any atom is 0.271 e. The average Bonchev–Trinajstić information content (AvgIpc) is 3.11. The highest BCUT2D eigenvalue weighted by molar-refractivity contribution is 7.13. The lowest BCUT2D eigenvalue weighted by molar-refractivity contribution is -0.120. The highest BCUT2D eigenvalue weighted by Gasteiger charge is 2.22. The zero-order valence-corrected chi connectivity index (χ0v) is 14.4. The van der Waals surface area contributed by atoms with Gasteiger partial charge in [-0.25, -0.2) is 4.98 Å². The molecule has 126 valence electrons. The zero-order valence-electron chi connectivity index (χ0n) is 13.6. The van der Waals surface area contributed by atoms with Gasteiger partial charge in [-0.2, -0.15) is 0 Å². The number of rotatable bonds is 5. The van der Waals surface area contributed by atoms with E-state index >= 15 is 0 Å². The minimum atomic E-state index is -0.891. The molecule has 0 bridgehead atoms. The van der Waals surface area contributed by atoms with Crippen molar-refractivity contribution in [2.45, 2.75) is 13.0 Å². The Morgan fingerprint density at radius 2 is 1.76 bits per heavy atom. The number of benzene rings is 2. The van der Waals surface area contributed by atoms with Gasteiger partial charge in [0.1, 0.15) is 16.7 Å². The number of carbonyl (C=O) groups is 2. The molecule has 0 fully saturated rings. The lowest BCUT2D eigenvalue weighted by Crippen LogP contribution is -2.37. The highest BCUT2D eigenvalue weighted by Crippen LogP contribution is 2.24. The van der Waals surface area contributed by atoms with Crippen molar-refractivity contribution in [1.82, 2.24) is 10.3 Å². The molecule has 0 unspecified atom stereocenters. The molecule has 1 aromatic heterocycles. The predicted molar refractivity (Wildman–Crippen MR) is 98.1 cm³/mol. The van der Waals surface area contributed by atoms with Crippen molar-refractivity contribution in [3.8, 4) is 10.6 Å². The van der Waals surface area contributed by atoms with E-state index < -0.39 is 17.9 Å². The van der Waals surface area contributed by atoms with E-state index in [4.69, 9.17) is 5.73 Å². The van der Waals surface area contributed by atoms with Crippen LogP contribution < -0.4 is 11.1 Å². The molecule has 6 heteroatoms. The molecule has 3 aromatic rings. The summed E-state index contributed by atoms with van der Waals surface area (Å²) < 4.78 is 0. The van der Waals surface area contributed by atoms with Crippen LogP contribution in [0.2, 0.25) is 0 Å². The van der Waals surface area contributed by atoms with E-state index in [-0.39, 0.29) is 5.69 Å². The first-order chi connectivity index (χ1) is 12.0. The molecule has 0 aliphatic heterocycles. The summed E-state index contributed by atoms with van der Waals surface area (Å²) in [4.78, 5) is 28.5. The molecule has 2 aromatic carbocycles. The SMILES string of the molecule is Cc1ccc(-c2nc(C(=O)N[C@H](C(N)=O)c3ccccc3)cs2)cc1. The number of thiazole rings is 1. The Morgan fingerprint density at radius 1 is 1.08 bits per heavy atom. The van der Waals surface area contributed by atoms with Crippen LogP contribution in [0.15, 0.2) is 60.0 Å². The molecular weight excluding hydrogens is 334 g/mol. The third kappa shape index (κ3) is 3.92. The van der Waals surface area contributed by atoms with Crippen LogP contribution in [-0.2, 0) is 4.79 Å². The second-order valence-corrected chi connectivity index (χ2v) is 6.48. The normalized spacial score (nSPS) is 11.7. The molecule has 0 radical (unpaired) electrons. The van der Waals surface area contributed by atoms with Gasteiger partial charge in [0.15, 0.2) is 0 Å². The van der Waals surface area contributed by atoms with Crippen LogP contribution in [0.1, 0.15) is 27.7 Å². The van der Waals surface area contributed by atoms with Crippen LogP contribution in [-0.4, -0.2) is 16.8 Å². The molecule has 5 nitrogen and oxygen atoms in total. The molecule has 2 amide bonds. The number of primary amides is 1. The number of carbonyl (C=O) groups excluding carboxylic acids is 2. The van der Waals surface area contributed by atoms with E-state index in [2.05, 4.69) is 10.3 Å². The standard InChI is InChI=1S/C19H17N3O2S/c1-12-7-9-14(10-8-12)19-21-15(11-25-19)18(24)22-16(17(20)23)13-5-3-2-4-6-13/h2-11,16H,1H3,(H2,20,23)(H,22,24)/t16-/m0/s1. The molecule has 0 saturated carbocycles. The number of hydrogen-bond acceptors (Lipinski definition) is 4. The Kier molecular flexibility index (Phi) is 4.90. The lowest BCUT2D eigenvalue weighted by atomic mass is 10.1. The Morgan fingerprint density at radius 3 is 2.40 bits per heavy atom. The summed E-state index contributed by atoms with van der Waals surface area (Å²) in [5, 5.41) is 5.08. The molecule has 1 atom stereocenters. The molecule has 3 rings (SSSR count). The Labute approximate surface area is 149 Å². The Hall–Kier alpha value is -2.99. The summed E-state index contributed by atoms with van der Waals surface area (Å²) in [6.07, 6.45) is 0. The van der Waals surface area contributed by atoms with Gasteiger partial charge in [-0.15, -0.1) is 11.3 Å². The van der Waals surface area contributed by atoms with Crippen molar-refractivity contribution in [3.63, 3.8) is 0 Å². The van der Waals surface area contributed by atoms with Gasteiger partial charge in [0.05, 0.1) is 0 Å². The minimum absolute atomic E-state index is 0.266. The molecule has 0 saturated heterocycles. The van der Waals surface area contributed by atoms with Crippen LogP contribution in [0.25, 0.3) is 10.6 Å². The first-order valence-electron chi connectivity index (χ1n) is 7.72. The van der Waals surface area contributed by atoms with Crippen LogP contribution in [0, 0.1) is 6.92 Å². The summed E-state index contributed by atoms with van der Waals surface area (Å²) in [6.45, 7) is 2.01. The third-order valence-corrected chi connectivity index (χ3v) is 4.62. The number of nitrogens with two attached hydrogens (primary N) is 1. The zero-order chi connectivity index (χ0) is 17.8. The van der Waals surface area contributed by atoms with Crippen molar-refractivity contribution in [3.05, 3.63) is 76.8 Å². The number of hydrogen-bond donors (Lipinski definition) is 2. The van der Waals surface area contributed by atoms with Gasteiger partial charge in [0.2, 0.25) is 5.91 Å². The Balaban J connectivity index is 1.79. The predicted octanol–water partition coefficient (Wildman–Crippen LogP) is 3.07. The van der Waals surface area contributed by atoms with E-state index in [0.717, 1.165) is 16.1 Å². The fraction of sp³-hybridized carbons (Fsp3) is 0.105. The van der Waals surface area contributed by atoms with Gasteiger partial charge < -0.3 is 11.1 Å². The maximum atomic E-state index is 12.5. The number of nitrogens with zero attached hydrogens (tertiary/aromatic N) is 1. The van der Waals surface area contributed by atoms with Crippen molar-refractivity contribution >= 4 is 23.2 Å². The molecule has 0 spiro atoms. The average molecular weight is 351 g/mol. The number of aromatic nitrogens is 1. The molecule has 3 N–H and O–H groups in total. The number of amides is 2. The molecule has 1 heterocycles. The quantitative estimate of drug-likeness (QED) is 0.741. The lowest BCUT2D eigenvalue weighted by Gasteiger charge is -2.14. The van der Waals surface area contributed by atoms with Gasteiger partial charge >= 0.3 is 0 Å². The van der Waals surface area contributed by atoms with Gasteiger partial charge in [0, 0.05) is 10.9 Å². The minimum Gasteiger partial charge on any atom is -0.368 e. The smallest absolute Gasteiger partial charge is 0.271 e. The summed E-state index contributed by atoms with van der Waals surface area (Å²) in [5.74, 6) is -1.05. The highest BCUT2D eigenvalue weighted by atomic mass is 32.1. The molecule has 25 heavy (non-hydrogen) atoms. The van der Waals surface area contributed by atoms with Crippen molar-refractivity contribution in [1.29, 1.82) is 0 Å². The van der Waals surface area contributed by atoms with Gasteiger partial charge in [-0.05, 0) is 12.5 Å². The first kappa shape index (κ1) is 16.9. The monoisotopic (exact) mass is 351 g/mol. The van der Waals surface area contributed by atoms with E-state index in [1.807, 2.05) is 37.3 Å². The summed E-state index contributed by atoms with van der Waals surface area (Å²) in [5.41, 5.74) is 8.44. The van der Waals surface area contributed by atoms with Gasteiger partial charge in [0.25, 0.3) is 5.91 Å². The second-order valence-electron chi connectivity index (χ2n) is 5.62. The summed E-state index contributed by atoms with van der Waals surface area (Å²) in [7, 11) is 0. The van der Waals surface area contributed by atoms with Crippen molar-refractivity contribution < 1.29 is 9.59 Å². The fourth-order valence-corrected chi connectivity index (χ4v) is 3.18. The van der Waals surface area contributed by atoms with E-state index in [0.29, 0.717) is 5.56 Å². The maximum absolute atomic E-state index is 12.5. The van der Waals surface area contributed by atoms with Gasteiger partial charge in [-0.1, -0.05) is 60.2 Å². The third-order valence-electron chi connectivity index (χ3n) is 3.73. The summed E-state index contributed by atoms with van der Waals surface area (Å²) in [6, 6.07) is 15.9. The van der Waals surface area contributed by atoms with Crippen LogP contribution in [0.3, 0.4) is 0 Å². The van der Waals surface area contributed by atoms with Crippen LogP contribution in [0.5, 0.6) is 0 Å². The Bertz CT molecular complexity index is 889. The number of aryl methyl sites for hydroxylation is 1. The molecule has 0 aliphatic rings. The van der Waals surface area contributed by atoms with Gasteiger partial charge in [-0.3, -0.25) is 9.59 Å². The van der Waals surface area contributed by atoms with Crippen molar-refractivity contribution in [2.75, 3.05) is 0 Å². The first-order valence-corrected chi connectivity index (χ1v) is 8.60. The van der Waals surface area contributed by atoms with Crippen LogP contribution >= 0.6 is 11.3 Å². The van der Waals surface area contributed by atoms with E-state index in [9.17, 15) is 9.59 Å². The molecular formula is C19H17N3O2S. The van der Waals surface area contributed by atoms with E-state index in [1.54, 1.807) is 29.6 Å². The number of nitrogens with one attached hydrogen (secondary N) is 1. The summed E-state index contributed by atoms with van der Waals surface area (Å²) >= 11 is 1.38. The van der Waals surface area contributed by atoms with Crippen LogP contribution in [0.4, 0.5) is 0 Å².